The van der Waals surface area contributed by atoms with Gasteiger partial charge in [-0.25, -0.2) is 4.79 Å². The summed E-state index contributed by atoms with van der Waals surface area (Å²) in [7, 11) is 0. The summed E-state index contributed by atoms with van der Waals surface area (Å²) in [6.45, 7) is 0.245. The molecule has 0 spiro atoms. The number of hydrogen-bond donors (Lipinski definition) is 3. The van der Waals surface area contributed by atoms with Crippen LogP contribution in [-0.4, -0.2) is 34.5 Å². The van der Waals surface area contributed by atoms with Gasteiger partial charge in [-0.2, -0.15) is 0 Å². The lowest BCUT2D eigenvalue weighted by Gasteiger charge is -2.42. The van der Waals surface area contributed by atoms with Gasteiger partial charge in [-0.3, -0.25) is 9.59 Å². The smallest absolute Gasteiger partial charge is 0.319 e. The van der Waals surface area contributed by atoms with Crippen molar-refractivity contribution in [1.29, 1.82) is 0 Å². The minimum atomic E-state index is -0.949. The Kier molecular flexibility index (Phi) is 9.29. The van der Waals surface area contributed by atoms with E-state index in [4.69, 9.17) is 5.11 Å². The first-order valence-corrected chi connectivity index (χ1v) is 14.3. The number of aliphatic carboxylic acids is 1. The molecule has 7 heteroatoms. The third-order valence-corrected chi connectivity index (χ3v) is 7.74. The minimum Gasteiger partial charge on any atom is -0.481 e. The van der Waals surface area contributed by atoms with E-state index in [2.05, 4.69) is 34.9 Å². The monoisotopic (exact) mass is 561 g/mol. The van der Waals surface area contributed by atoms with Gasteiger partial charge < -0.3 is 20.6 Å². The first-order chi connectivity index (χ1) is 20.5. The zero-order valence-electron chi connectivity index (χ0n) is 23.4. The lowest BCUT2D eigenvalue weighted by molar-refractivity contribution is -0.136. The summed E-state index contributed by atoms with van der Waals surface area (Å²) in [5, 5.41) is 14.5. The van der Waals surface area contributed by atoms with Gasteiger partial charge in [0.2, 0.25) is 5.91 Å². The fourth-order valence-corrected chi connectivity index (χ4v) is 5.84. The minimum absolute atomic E-state index is 0.142. The Balaban J connectivity index is 1.38. The number of nitrogens with zero attached hydrogens (tertiary/aromatic N) is 1. The molecule has 7 nitrogen and oxygen atoms in total. The van der Waals surface area contributed by atoms with Crippen molar-refractivity contribution in [3.63, 3.8) is 0 Å². The highest BCUT2D eigenvalue weighted by Gasteiger charge is 2.36. The lowest BCUT2D eigenvalue weighted by Crippen LogP contribution is -2.46. The van der Waals surface area contributed by atoms with Crippen LogP contribution in [0.4, 0.5) is 10.5 Å². The Hall–Kier alpha value is -4.91. The van der Waals surface area contributed by atoms with Crippen molar-refractivity contribution in [3.05, 3.63) is 137 Å². The lowest BCUT2D eigenvalue weighted by atomic mass is 9.76. The van der Waals surface area contributed by atoms with Crippen molar-refractivity contribution in [2.75, 3.05) is 11.9 Å². The number of urea groups is 1. The second-order valence-corrected chi connectivity index (χ2v) is 10.7. The van der Waals surface area contributed by atoms with Crippen molar-refractivity contribution in [3.8, 4) is 0 Å². The molecule has 1 aliphatic carbocycles. The number of amides is 3. The molecular formula is C35H35N3O4. The molecule has 0 bridgehead atoms. The van der Waals surface area contributed by atoms with Crippen LogP contribution < -0.4 is 10.6 Å². The number of hydrogen-bond acceptors (Lipinski definition) is 3. The number of benzene rings is 4. The van der Waals surface area contributed by atoms with Gasteiger partial charge in [-0.1, -0.05) is 97.1 Å². The molecule has 42 heavy (non-hydrogen) atoms. The molecular weight excluding hydrogens is 526 g/mol. The maximum absolute atomic E-state index is 14.0. The molecule has 4 aromatic rings. The highest BCUT2D eigenvalue weighted by molar-refractivity contribution is 5.92. The van der Waals surface area contributed by atoms with Crippen LogP contribution in [0, 0.1) is 5.92 Å². The van der Waals surface area contributed by atoms with E-state index in [0.29, 0.717) is 17.8 Å². The van der Waals surface area contributed by atoms with E-state index in [1.165, 1.54) is 11.1 Å². The molecule has 4 aromatic carbocycles. The van der Waals surface area contributed by atoms with Crippen molar-refractivity contribution in [1.82, 2.24) is 10.2 Å². The van der Waals surface area contributed by atoms with E-state index >= 15 is 0 Å². The van der Waals surface area contributed by atoms with Crippen molar-refractivity contribution < 1.29 is 19.5 Å². The van der Waals surface area contributed by atoms with Crippen LogP contribution in [0.2, 0.25) is 0 Å². The SMILES string of the molecule is O=C(O)Cc1cccc(NC(=O)NCC(=O)N(Cc2ccccc2)C2c3ccccc3CCC2Cc2ccccc2)c1. The third-order valence-electron chi connectivity index (χ3n) is 7.74. The van der Waals surface area contributed by atoms with E-state index in [0.717, 1.165) is 30.4 Å². The van der Waals surface area contributed by atoms with Crippen molar-refractivity contribution in [2.24, 2.45) is 5.92 Å². The fourth-order valence-electron chi connectivity index (χ4n) is 5.84. The van der Waals surface area contributed by atoms with Crippen molar-refractivity contribution in [2.45, 2.75) is 38.3 Å². The predicted octanol–water partition coefficient (Wildman–Crippen LogP) is 6.01. The maximum atomic E-state index is 14.0. The van der Waals surface area contributed by atoms with Crippen molar-refractivity contribution >= 4 is 23.6 Å². The molecule has 214 valence electrons. The van der Waals surface area contributed by atoms with Gasteiger partial charge in [-0.15, -0.1) is 0 Å². The Labute approximate surface area is 246 Å². The highest BCUT2D eigenvalue weighted by atomic mass is 16.4. The van der Waals surface area contributed by atoms with Crippen LogP contribution in [0.1, 0.15) is 40.3 Å². The molecule has 0 saturated heterocycles. The molecule has 0 aliphatic heterocycles. The van der Waals surface area contributed by atoms with E-state index < -0.39 is 12.0 Å². The largest absolute Gasteiger partial charge is 0.481 e. The zero-order chi connectivity index (χ0) is 29.3. The average Bonchev–Trinajstić information content (AvgIpc) is 3.00. The molecule has 1 aliphatic rings. The van der Waals surface area contributed by atoms with Crippen LogP contribution in [0.3, 0.4) is 0 Å². The molecule has 0 heterocycles. The maximum Gasteiger partial charge on any atom is 0.319 e. The molecule has 3 amide bonds. The Morgan fingerprint density at radius 3 is 2.19 bits per heavy atom. The molecule has 0 aromatic heterocycles. The van der Waals surface area contributed by atoms with Gasteiger partial charge in [0, 0.05) is 12.2 Å². The third kappa shape index (κ3) is 7.43. The number of carboxylic acid groups (broad SMARTS) is 1. The number of rotatable bonds is 10. The van der Waals surface area contributed by atoms with Gasteiger partial charge in [0.25, 0.3) is 0 Å². The fraction of sp³-hybridized carbons (Fsp3) is 0.229. The quantitative estimate of drug-likeness (QED) is 0.221. The van der Waals surface area contributed by atoms with E-state index in [1.54, 1.807) is 24.3 Å². The summed E-state index contributed by atoms with van der Waals surface area (Å²) >= 11 is 0. The first kappa shape index (κ1) is 28.6. The summed E-state index contributed by atoms with van der Waals surface area (Å²) < 4.78 is 0. The summed E-state index contributed by atoms with van der Waals surface area (Å²) in [6, 6.07) is 34.7. The van der Waals surface area contributed by atoms with Crippen LogP contribution in [-0.2, 0) is 35.4 Å². The highest BCUT2D eigenvalue weighted by Crippen LogP contribution is 2.41. The van der Waals surface area contributed by atoms with E-state index in [9.17, 15) is 14.4 Å². The van der Waals surface area contributed by atoms with E-state index in [1.807, 2.05) is 65.6 Å². The number of carboxylic acids is 1. The van der Waals surface area contributed by atoms with Crippen LogP contribution in [0.25, 0.3) is 0 Å². The van der Waals surface area contributed by atoms with Gasteiger partial charge >= 0.3 is 12.0 Å². The van der Waals surface area contributed by atoms with E-state index in [-0.39, 0.29) is 30.8 Å². The van der Waals surface area contributed by atoms with Gasteiger partial charge in [-0.05, 0) is 65.1 Å². The van der Waals surface area contributed by atoms with Gasteiger partial charge in [0.15, 0.2) is 0 Å². The van der Waals surface area contributed by atoms with Crippen LogP contribution in [0.5, 0.6) is 0 Å². The van der Waals surface area contributed by atoms with Crippen LogP contribution >= 0.6 is 0 Å². The summed E-state index contributed by atoms with van der Waals surface area (Å²) in [6.07, 6.45) is 2.62. The molecule has 0 saturated carbocycles. The molecule has 3 N–H and O–H groups in total. The number of carbonyl (C=O) groups excluding carboxylic acids is 2. The second kappa shape index (κ2) is 13.6. The Morgan fingerprint density at radius 1 is 0.786 bits per heavy atom. The van der Waals surface area contributed by atoms with Crippen LogP contribution in [0.15, 0.2) is 109 Å². The molecule has 5 rings (SSSR count). The first-order valence-electron chi connectivity index (χ1n) is 14.3. The Bertz CT molecular complexity index is 1520. The summed E-state index contributed by atoms with van der Waals surface area (Å²) in [5.74, 6) is -0.912. The number of aryl methyl sites for hydroxylation is 1. The Morgan fingerprint density at radius 2 is 1.45 bits per heavy atom. The molecule has 0 radical (unpaired) electrons. The average molecular weight is 562 g/mol. The molecule has 0 fully saturated rings. The molecule has 2 atom stereocenters. The van der Waals surface area contributed by atoms with Gasteiger partial charge in [0.05, 0.1) is 19.0 Å². The zero-order valence-corrected chi connectivity index (χ0v) is 23.4. The predicted molar refractivity (Wildman–Crippen MR) is 163 cm³/mol. The topological polar surface area (TPSA) is 98.7 Å². The summed E-state index contributed by atoms with van der Waals surface area (Å²) in [4.78, 5) is 39.8. The summed E-state index contributed by atoms with van der Waals surface area (Å²) in [5.41, 5.74) is 5.71. The number of carbonyl (C=O) groups is 3. The number of fused-ring (bicyclic) bond motifs is 1. The normalized spacial score (nSPS) is 15.7. The number of anilines is 1. The molecule has 2 unspecified atom stereocenters. The van der Waals surface area contributed by atoms with Gasteiger partial charge in [0.1, 0.15) is 0 Å². The standard InChI is InChI=1S/C35H35N3O4/c39-32(23-36-35(42)37-30-16-9-14-27(21-30)22-33(40)41)38(24-26-12-5-2-6-13-26)34-29(20-25-10-3-1-4-11-25)19-18-28-15-7-8-17-31(28)34/h1-17,21,29,34H,18-20,22-24H2,(H,40,41)(H2,36,37,42). The second-order valence-electron chi connectivity index (χ2n) is 10.7. The number of nitrogens with one attached hydrogen (secondary N) is 2.